The maximum atomic E-state index is 12.0. The third kappa shape index (κ3) is 1.39. The summed E-state index contributed by atoms with van der Waals surface area (Å²) in [5, 5.41) is 27.8. The van der Waals surface area contributed by atoms with Crippen molar-refractivity contribution < 1.29 is 14.9 Å². The van der Waals surface area contributed by atoms with E-state index in [4.69, 9.17) is 4.74 Å². The molecule has 4 atom stereocenters. The van der Waals surface area contributed by atoms with Crippen molar-refractivity contribution in [3.8, 4) is 0 Å². The molecule has 4 rings (SSSR count). The van der Waals surface area contributed by atoms with E-state index in [2.05, 4.69) is 15.3 Å². The van der Waals surface area contributed by atoms with Gasteiger partial charge in [-0.05, 0) is 6.92 Å². The molecule has 10 heteroatoms. The predicted octanol–water partition coefficient (Wildman–Crippen LogP) is -2.23. The lowest BCUT2D eigenvalue weighted by Crippen LogP contribution is -2.40. The summed E-state index contributed by atoms with van der Waals surface area (Å²) in [5.41, 5.74) is -1.73. The zero-order valence-corrected chi connectivity index (χ0v) is 11.5. The molecule has 2 aliphatic rings. The van der Waals surface area contributed by atoms with Crippen LogP contribution in [-0.2, 0) is 10.3 Å². The Hall–Kier alpha value is -2.30. The Bertz CT molecular complexity index is 869. The zero-order valence-electron chi connectivity index (χ0n) is 11.5. The molecular formula is C12H13N5O5. The lowest BCUT2D eigenvalue weighted by Gasteiger charge is -2.29. The minimum absolute atomic E-state index is 0.331. The molecule has 0 saturated carbocycles. The number of nitrogens with zero attached hydrogens (tertiary/aromatic N) is 4. The number of nitrogens with one attached hydrogen (secondary N) is 1. The van der Waals surface area contributed by atoms with Crippen molar-refractivity contribution in [2.24, 2.45) is 0 Å². The van der Waals surface area contributed by atoms with E-state index in [-0.39, 0.29) is 0 Å². The SMILES string of the molecule is Cc1cn([C@@H]2O[C@@]3(CO)c4cnnn4C2C3O)c(=O)[nH]c1=O. The molecule has 2 aromatic rings. The molecule has 0 aliphatic carbocycles. The quantitative estimate of drug-likeness (QED) is 0.571. The summed E-state index contributed by atoms with van der Waals surface area (Å²) in [6, 6.07) is -0.715. The second kappa shape index (κ2) is 4.12. The van der Waals surface area contributed by atoms with E-state index in [0.29, 0.717) is 11.3 Å². The van der Waals surface area contributed by atoms with E-state index in [1.54, 1.807) is 6.92 Å². The highest BCUT2D eigenvalue weighted by atomic mass is 16.6. The summed E-state index contributed by atoms with van der Waals surface area (Å²) >= 11 is 0. The molecule has 22 heavy (non-hydrogen) atoms. The molecule has 2 unspecified atom stereocenters. The summed E-state index contributed by atoms with van der Waals surface area (Å²) in [6.07, 6.45) is 0.795. The number of aromatic nitrogens is 5. The Morgan fingerprint density at radius 3 is 3.00 bits per heavy atom. The van der Waals surface area contributed by atoms with Crippen LogP contribution in [-0.4, -0.2) is 47.5 Å². The van der Waals surface area contributed by atoms with E-state index in [1.165, 1.54) is 21.6 Å². The van der Waals surface area contributed by atoms with E-state index < -0.39 is 41.8 Å². The van der Waals surface area contributed by atoms with Gasteiger partial charge in [-0.25, -0.2) is 9.48 Å². The minimum Gasteiger partial charge on any atom is -0.393 e. The predicted molar refractivity (Wildman–Crippen MR) is 70.0 cm³/mol. The number of ether oxygens (including phenoxy) is 1. The lowest BCUT2D eigenvalue weighted by atomic mass is 9.97. The Balaban J connectivity index is 1.90. The van der Waals surface area contributed by atoms with Crippen LogP contribution in [0.15, 0.2) is 22.0 Å². The molecule has 3 N–H and O–H groups in total. The zero-order chi connectivity index (χ0) is 15.6. The first-order valence-corrected chi connectivity index (χ1v) is 6.69. The fourth-order valence-electron chi connectivity index (χ4n) is 3.23. The molecule has 0 spiro atoms. The van der Waals surface area contributed by atoms with E-state index in [9.17, 15) is 19.8 Å². The average molecular weight is 307 g/mol. The van der Waals surface area contributed by atoms with Crippen LogP contribution in [0.4, 0.5) is 0 Å². The molecule has 0 radical (unpaired) electrons. The normalized spacial score (nSPS) is 32.4. The first-order chi connectivity index (χ1) is 10.5. The third-order valence-electron chi connectivity index (χ3n) is 4.37. The van der Waals surface area contributed by atoms with Gasteiger partial charge in [0.25, 0.3) is 5.56 Å². The van der Waals surface area contributed by atoms with Crippen molar-refractivity contribution in [3.63, 3.8) is 0 Å². The summed E-state index contributed by atoms with van der Waals surface area (Å²) in [5.74, 6) is 0. The van der Waals surface area contributed by atoms with Crippen LogP contribution >= 0.6 is 0 Å². The minimum atomic E-state index is -1.37. The smallest absolute Gasteiger partial charge is 0.330 e. The first-order valence-electron chi connectivity index (χ1n) is 6.69. The molecular weight excluding hydrogens is 294 g/mol. The van der Waals surface area contributed by atoms with Gasteiger partial charge in [0.05, 0.1) is 18.5 Å². The highest BCUT2D eigenvalue weighted by Gasteiger charge is 2.65. The molecule has 2 aliphatic heterocycles. The fourth-order valence-corrected chi connectivity index (χ4v) is 3.23. The molecule has 0 aromatic carbocycles. The monoisotopic (exact) mass is 307 g/mol. The van der Waals surface area contributed by atoms with E-state index >= 15 is 0 Å². The summed E-state index contributed by atoms with van der Waals surface area (Å²) < 4.78 is 8.43. The van der Waals surface area contributed by atoms with Crippen molar-refractivity contribution in [1.29, 1.82) is 0 Å². The van der Waals surface area contributed by atoms with Crippen LogP contribution in [0.5, 0.6) is 0 Å². The number of aryl methyl sites for hydroxylation is 1. The topological polar surface area (TPSA) is 135 Å². The van der Waals surface area contributed by atoms with Crippen molar-refractivity contribution in [1.82, 2.24) is 24.5 Å². The van der Waals surface area contributed by atoms with Crippen molar-refractivity contribution >= 4 is 0 Å². The number of aliphatic hydroxyl groups excluding tert-OH is 2. The summed E-state index contributed by atoms with van der Waals surface area (Å²) in [6.45, 7) is 1.08. The van der Waals surface area contributed by atoms with Gasteiger partial charge in [0.15, 0.2) is 11.8 Å². The van der Waals surface area contributed by atoms with Gasteiger partial charge in [-0.15, -0.1) is 5.10 Å². The number of H-pyrrole nitrogens is 1. The van der Waals surface area contributed by atoms with Crippen LogP contribution in [0.2, 0.25) is 0 Å². The number of aliphatic hydroxyl groups is 2. The van der Waals surface area contributed by atoms with E-state index in [1.807, 2.05) is 0 Å². The highest BCUT2D eigenvalue weighted by molar-refractivity contribution is 5.25. The summed E-state index contributed by atoms with van der Waals surface area (Å²) in [7, 11) is 0. The van der Waals surface area contributed by atoms with Gasteiger partial charge in [0.2, 0.25) is 0 Å². The third-order valence-corrected chi connectivity index (χ3v) is 4.37. The fraction of sp³-hybridized carbons (Fsp3) is 0.500. The van der Waals surface area contributed by atoms with Gasteiger partial charge in [0, 0.05) is 11.8 Å². The van der Waals surface area contributed by atoms with Crippen LogP contribution in [0.1, 0.15) is 23.5 Å². The van der Waals surface area contributed by atoms with Gasteiger partial charge < -0.3 is 14.9 Å². The summed E-state index contributed by atoms with van der Waals surface area (Å²) in [4.78, 5) is 25.7. The molecule has 0 amide bonds. The molecule has 2 bridgehead atoms. The number of aromatic amines is 1. The standard InChI is InChI=1S/C12H13N5O5/c1-5-3-16(11(21)14-9(5)20)10-7-8(19)12(4-18,22-10)6-2-13-15-17(6)7/h2-3,7-8,10,18-19H,4H2,1H3,(H,14,20,21)/t7?,8?,10-,12+/m1/s1. The number of hydrogen-bond acceptors (Lipinski definition) is 7. The Morgan fingerprint density at radius 1 is 1.50 bits per heavy atom. The van der Waals surface area contributed by atoms with Crippen molar-refractivity contribution in [3.05, 3.63) is 44.5 Å². The number of fused-ring (bicyclic) bond motifs is 5. The second-order valence-corrected chi connectivity index (χ2v) is 5.53. The lowest BCUT2D eigenvalue weighted by molar-refractivity contribution is -0.143. The maximum absolute atomic E-state index is 12.0. The molecule has 1 fully saturated rings. The molecule has 2 aromatic heterocycles. The van der Waals surface area contributed by atoms with Gasteiger partial charge in [-0.3, -0.25) is 14.3 Å². The second-order valence-electron chi connectivity index (χ2n) is 5.53. The Morgan fingerprint density at radius 2 is 2.27 bits per heavy atom. The Kier molecular flexibility index (Phi) is 2.50. The van der Waals surface area contributed by atoms with Gasteiger partial charge in [-0.1, -0.05) is 5.21 Å². The molecule has 10 nitrogen and oxygen atoms in total. The molecule has 1 saturated heterocycles. The average Bonchev–Trinajstić information content (AvgIpc) is 3.12. The first kappa shape index (κ1) is 13.4. The maximum Gasteiger partial charge on any atom is 0.330 e. The van der Waals surface area contributed by atoms with Crippen LogP contribution in [0.3, 0.4) is 0 Å². The number of rotatable bonds is 2. The highest BCUT2D eigenvalue weighted by Crippen LogP contribution is 2.54. The van der Waals surface area contributed by atoms with Crippen molar-refractivity contribution in [2.45, 2.75) is 30.9 Å². The van der Waals surface area contributed by atoms with Crippen molar-refractivity contribution in [2.75, 3.05) is 6.61 Å². The van der Waals surface area contributed by atoms with Crippen LogP contribution in [0, 0.1) is 6.92 Å². The van der Waals surface area contributed by atoms with Gasteiger partial charge in [-0.2, -0.15) is 0 Å². The van der Waals surface area contributed by atoms with Crippen LogP contribution < -0.4 is 11.2 Å². The van der Waals surface area contributed by atoms with Gasteiger partial charge in [0.1, 0.15) is 12.1 Å². The van der Waals surface area contributed by atoms with E-state index in [0.717, 1.165) is 0 Å². The van der Waals surface area contributed by atoms with Crippen LogP contribution in [0.25, 0.3) is 0 Å². The number of hydrogen-bond donors (Lipinski definition) is 3. The molecule has 4 heterocycles. The Labute approximate surface area is 122 Å². The largest absolute Gasteiger partial charge is 0.393 e. The molecule has 116 valence electrons. The van der Waals surface area contributed by atoms with Gasteiger partial charge >= 0.3 is 5.69 Å².